The van der Waals surface area contributed by atoms with Crippen molar-refractivity contribution in [2.24, 2.45) is 0 Å². The standard InChI is InChI=1S/C19H15ClN2O4/c20-15-5-2-1-4-13(15)10-22-11-14(7-8-18(22)24)19(25)26-12-17(23)16-6-3-9-21-16/h1-9,11,21H,10,12H2. The van der Waals surface area contributed by atoms with E-state index in [2.05, 4.69) is 4.98 Å². The Balaban J connectivity index is 1.72. The smallest absolute Gasteiger partial charge is 0.340 e. The maximum atomic E-state index is 12.2. The lowest BCUT2D eigenvalue weighted by molar-refractivity contribution is 0.0472. The van der Waals surface area contributed by atoms with Gasteiger partial charge in [-0.2, -0.15) is 0 Å². The van der Waals surface area contributed by atoms with Crippen LogP contribution in [0.3, 0.4) is 0 Å². The normalized spacial score (nSPS) is 10.5. The molecule has 0 aliphatic rings. The molecule has 3 rings (SSSR count). The number of H-pyrrole nitrogens is 1. The number of rotatable bonds is 6. The van der Waals surface area contributed by atoms with Crippen LogP contribution >= 0.6 is 11.6 Å². The summed E-state index contributed by atoms with van der Waals surface area (Å²) in [4.78, 5) is 38.8. The largest absolute Gasteiger partial charge is 0.454 e. The van der Waals surface area contributed by atoms with E-state index in [1.165, 1.54) is 22.9 Å². The highest BCUT2D eigenvalue weighted by molar-refractivity contribution is 6.31. The van der Waals surface area contributed by atoms with Gasteiger partial charge in [0.25, 0.3) is 5.56 Å². The summed E-state index contributed by atoms with van der Waals surface area (Å²) in [5.41, 5.74) is 1.02. The van der Waals surface area contributed by atoms with Crippen LogP contribution in [0.5, 0.6) is 0 Å². The number of benzene rings is 1. The lowest BCUT2D eigenvalue weighted by atomic mass is 10.2. The highest BCUT2D eigenvalue weighted by Crippen LogP contribution is 2.15. The second-order valence-corrected chi connectivity index (χ2v) is 5.97. The SMILES string of the molecule is O=C(OCC(=O)c1ccc[nH]1)c1ccc(=O)n(Cc2ccccc2Cl)c1. The maximum absolute atomic E-state index is 12.2. The van der Waals surface area contributed by atoms with Crippen molar-refractivity contribution in [2.45, 2.75) is 6.54 Å². The van der Waals surface area contributed by atoms with Crippen molar-refractivity contribution < 1.29 is 14.3 Å². The molecular weight excluding hydrogens is 356 g/mol. The Bertz CT molecular complexity index is 993. The lowest BCUT2D eigenvalue weighted by Gasteiger charge is -2.09. The molecule has 0 atom stereocenters. The van der Waals surface area contributed by atoms with Crippen molar-refractivity contribution in [2.75, 3.05) is 6.61 Å². The van der Waals surface area contributed by atoms with Crippen molar-refractivity contribution >= 4 is 23.4 Å². The molecule has 0 bridgehead atoms. The average molecular weight is 371 g/mol. The molecule has 0 amide bonds. The summed E-state index contributed by atoms with van der Waals surface area (Å²) in [6.07, 6.45) is 3.01. The molecule has 1 aromatic carbocycles. The Labute approximate surface area is 154 Å². The number of halogens is 1. The number of hydrogen-bond donors (Lipinski definition) is 1. The van der Waals surface area contributed by atoms with Crippen LogP contribution in [0.2, 0.25) is 5.02 Å². The number of carbonyl (C=O) groups excluding carboxylic acids is 2. The molecule has 0 spiro atoms. The third-order valence-corrected chi connectivity index (χ3v) is 4.12. The Kier molecular flexibility index (Phi) is 5.34. The lowest BCUT2D eigenvalue weighted by Crippen LogP contribution is -2.22. The first-order chi connectivity index (χ1) is 12.5. The number of aromatic nitrogens is 2. The average Bonchev–Trinajstić information content (AvgIpc) is 3.18. The van der Waals surface area contributed by atoms with E-state index in [0.717, 1.165) is 5.56 Å². The highest BCUT2D eigenvalue weighted by atomic mass is 35.5. The number of ether oxygens (including phenoxy) is 1. The van der Waals surface area contributed by atoms with Crippen LogP contribution in [-0.4, -0.2) is 27.9 Å². The van der Waals surface area contributed by atoms with Gasteiger partial charge in [-0.3, -0.25) is 9.59 Å². The number of aromatic amines is 1. The van der Waals surface area contributed by atoms with E-state index in [1.807, 2.05) is 6.07 Å². The van der Waals surface area contributed by atoms with E-state index in [1.54, 1.807) is 36.5 Å². The minimum absolute atomic E-state index is 0.177. The first kappa shape index (κ1) is 17.7. The molecule has 0 aliphatic heterocycles. The third kappa shape index (κ3) is 4.10. The van der Waals surface area contributed by atoms with Gasteiger partial charge in [-0.1, -0.05) is 29.8 Å². The Hall–Kier alpha value is -3.12. The number of nitrogens with one attached hydrogen (secondary N) is 1. The fraction of sp³-hybridized carbons (Fsp3) is 0.105. The van der Waals surface area contributed by atoms with Crippen molar-refractivity contribution in [3.8, 4) is 0 Å². The Morgan fingerprint density at radius 3 is 2.62 bits per heavy atom. The van der Waals surface area contributed by atoms with Crippen LogP contribution in [0.25, 0.3) is 0 Å². The molecule has 6 nitrogen and oxygen atoms in total. The van der Waals surface area contributed by atoms with Gasteiger partial charge < -0.3 is 14.3 Å². The maximum Gasteiger partial charge on any atom is 0.340 e. The van der Waals surface area contributed by atoms with E-state index in [9.17, 15) is 14.4 Å². The molecule has 132 valence electrons. The summed E-state index contributed by atoms with van der Waals surface area (Å²) in [5.74, 6) is -1.02. The second kappa shape index (κ2) is 7.84. The number of nitrogens with zero attached hydrogens (tertiary/aromatic N) is 1. The molecule has 2 aromatic heterocycles. The molecule has 0 aliphatic carbocycles. The van der Waals surface area contributed by atoms with E-state index in [0.29, 0.717) is 10.7 Å². The predicted molar refractivity (Wildman–Crippen MR) is 96.7 cm³/mol. The number of esters is 1. The van der Waals surface area contributed by atoms with E-state index < -0.39 is 5.97 Å². The zero-order valence-corrected chi connectivity index (χ0v) is 14.4. The van der Waals surface area contributed by atoms with E-state index >= 15 is 0 Å². The summed E-state index contributed by atoms with van der Waals surface area (Å²) in [6.45, 7) is -0.163. The van der Waals surface area contributed by atoms with Crippen molar-refractivity contribution in [1.29, 1.82) is 0 Å². The van der Waals surface area contributed by atoms with Crippen molar-refractivity contribution in [3.05, 3.63) is 93.1 Å². The monoisotopic (exact) mass is 370 g/mol. The molecule has 2 heterocycles. The second-order valence-electron chi connectivity index (χ2n) is 5.56. The number of ketones is 1. The summed E-state index contributed by atoms with van der Waals surface area (Å²) in [6, 6.07) is 13.1. The van der Waals surface area contributed by atoms with E-state index in [-0.39, 0.29) is 30.1 Å². The van der Waals surface area contributed by atoms with Crippen LogP contribution in [-0.2, 0) is 11.3 Å². The summed E-state index contributed by atoms with van der Waals surface area (Å²) >= 11 is 6.11. The van der Waals surface area contributed by atoms with Gasteiger partial charge in [-0.05, 0) is 29.8 Å². The van der Waals surface area contributed by atoms with Crippen LogP contribution in [0, 0.1) is 0 Å². The van der Waals surface area contributed by atoms with Crippen LogP contribution < -0.4 is 5.56 Å². The van der Waals surface area contributed by atoms with Gasteiger partial charge in [0.1, 0.15) is 0 Å². The van der Waals surface area contributed by atoms with Gasteiger partial charge in [-0.15, -0.1) is 0 Å². The number of pyridine rings is 1. The van der Waals surface area contributed by atoms with Crippen LogP contribution in [0.1, 0.15) is 26.4 Å². The van der Waals surface area contributed by atoms with Gasteiger partial charge in [0.2, 0.25) is 5.78 Å². The van der Waals surface area contributed by atoms with Gasteiger partial charge in [0.15, 0.2) is 6.61 Å². The summed E-state index contributed by atoms with van der Waals surface area (Å²) in [5, 5.41) is 0.531. The number of carbonyl (C=O) groups is 2. The molecule has 1 N–H and O–H groups in total. The topological polar surface area (TPSA) is 81.2 Å². The molecule has 0 saturated carbocycles. The zero-order chi connectivity index (χ0) is 18.5. The molecular formula is C19H15ClN2O4. The summed E-state index contributed by atoms with van der Waals surface area (Å²) < 4.78 is 6.40. The van der Waals surface area contributed by atoms with Crippen LogP contribution in [0.15, 0.2) is 65.7 Å². The zero-order valence-electron chi connectivity index (χ0n) is 13.6. The molecule has 0 unspecified atom stereocenters. The highest BCUT2D eigenvalue weighted by Gasteiger charge is 2.14. The molecule has 0 saturated heterocycles. The molecule has 26 heavy (non-hydrogen) atoms. The molecule has 0 fully saturated rings. The summed E-state index contributed by atoms with van der Waals surface area (Å²) in [7, 11) is 0. The first-order valence-corrected chi connectivity index (χ1v) is 8.20. The van der Waals surface area contributed by atoms with E-state index in [4.69, 9.17) is 16.3 Å². The predicted octanol–water partition coefficient (Wildman–Crippen LogP) is 2.92. The van der Waals surface area contributed by atoms with Gasteiger partial charge in [-0.25, -0.2) is 4.79 Å². The molecule has 0 radical (unpaired) electrons. The fourth-order valence-electron chi connectivity index (χ4n) is 2.38. The fourth-order valence-corrected chi connectivity index (χ4v) is 2.58. The quantitative estimate of drug-likeness (QED) is 0.534. The van der Waals surface area contributed by atoms with Crippen LogP contribution in [0.4, 0.5) is 0 Å². The molecule has 7 heteroatoms. The third-order valence-electron chi connectivity index (χ3n) is 3.75. The number of Topliss-reactive ketones (excluding diaryl/α,β-unsaturated/α-hetero) is 1. The van der Waals surface area contributed by atoms with Gasteiger partial charge in [0.05, 0.1) is 17.8 Å². The van der Waals surface area contributed by atoms with Crippen molar-refractivity contribution in [3.63, 3.8) is 0 Å². The minimum Gasteiger partial charge on any atom is -0.454 e. The Morgan fingerprint density at radius 2 is 1.88 bits per heavy atom. The Morgan fingerprint density at radius 1 is 1.08 bits per heavy atom. The van der Waals surface area contributed by atoms with Gasteiger partial charge >= 0.3 is 5.97 Å². The van der Waals surface area contributed by atoms with Gasteiger partial charge in [0, 0.05) is 23.5 Å². The minimum atomic E-state index is -0.683. The molecule has 3 aromatic rings. The number of hydrogen-bond acceptors (Lipinski definition) is 4. The first-order valence-electron chi connectivity index (χ1n) is 7.82. The van der Waals surface area contributed by atoms with Crippen molar-refractivity contribution in [1.82, 2.24) is 9.55 Å².